The van der Waals surface area contributed by atoms with Gasteiger partial charge in [-0.3, -0.25) is 0 Å². The molecule has 0 aromatic heterocycles. The zero-order valence-corrected chi connectivity index (χ0v) is 9.43. The normalized spacial score (nSPS) is 35.8. The summed E-state index contributed by atoms with van der Waals surface area (Å²) in [6.07, 6.45) is 2.14. The minimum Gasteiger partial charge on any atom is -0.392 e. The van der Waals surface area contributed by atoms with Gasteiger partial charge in [-0.2, -0.15) is 11.8 Å². The lowest BCUT2D eigenvalue weighted by molar-refractivity contribution is 0.188. The van der Waals surface area contributed by atoms with E-state index in [2.05, 4.69) is 22.0 Å². The molecule has 0 aliphatic carbocycles. The molecular weight excluding hydrogens is 196 g/mol. The van der Waals surface area contributed by atoms with Gasteiger partial charge in [0.25, 0.3) is 0 Å². The Morgan fingerprint density at radius 1 is 1.36 bits per heavy atom. The maximum Gasteiger partial charge on any atom is 0.0680 e. The number of aliphatic hydroxyl groups is 1. The molecule has 0 saturated carbocycles. The minimum atomic E-state index is -0.110. The van der Waals surface area contributed by atoms with Crippen LogP contribution in [-0.2, 0) is 0 Å². The fourth-order valence-electron chi connectivity index (χ4n) is 2.23. The first kappa shape index (κ1) is 10.7. The van der Waals surface area contributed by atoms with Crippen molar-refractivity contribution in [2.45, 2.75) is 25.0 Å². The van der Waals surface area contributed by atoms with E-state index in [1.807, 2.05) is 0 Å². The average molecular weight is 216 g/mol. The SMILES string of the molecule is OC1CNC(CN2CCCSCC2)C1. The third-order valence-corrected chi connectivity index (χ3v) is 4.04. The predicted octanol–water partition coefficient (Wildman–Crippen LogP) is 0.148. The lowest BCUT2D eigenvalue weighted by atomic mass is 10.2. The molecule has 0 spiro atoms. The van der Waals surface area contributed by atoms with E-state index in [1.54, 1.807) is 0 Å². The Balaban J connectivity index is 1.72. The van der Waals surface area contributed by atoms with E-state index in [1.165, 1.54) is 31.0 Å². The van der Waals surface area contributed by atoms with Crippen LogP contribution in [0.5, 0.6) is 0 Å². The van der Waals surface area contributed by atoms with Gasteiger partial charge in [0.2, 0.25) is 0 Å². The number of nitrogens with zero attached hydrogens (tertiary/aromatic N) is 1. The molecule has 2 saturated heterocycles. The molecule has 2 heterocycles. The van der Waals surface area contributed by atoms with Gasteiger partial charge in [-0.25, -0.2) is 0 Å². The highest BCUT2D eigenvalue weighted by Crippen LogP contribution is 2.13. The van der Waals surface area contributed by atoms with Crippen molar-refractivity contribution in [3.63, 3.8) is 0 Å². The second-order valence-electron chi connectivity index (χ2n) is 4.26. The van der Waals surface area contributed by atoms with Gasteiger partial charge >= 0.3 is 0 Å². The molecule has 2 unspecified atom stereocenters. The van der Waals surface area contributed by atoms with Gasteiger partial charge in [-0.15, -0.1) is 0 Å². The van der Waals surface area contributed by atoms with Crippen molar-refractivity contribution in [2.75, 3.05) is 37.7 Å². The quantitative estimate of drug-likeness (QED) is 0.689. The molecule has 82 valence electrons. The Morgan fingerprint density at radius 3 is 3.07 bits per heavy atom. The maximum absolute atomic E-state index is 9.40. The van der Waals surface area contributed by atoms with Crippen molar-refractivity contribution in [3.05, 3.63) is 0 Å². The summed E-state index contributed by atoms with van der Waals surface area (Å²) < 4.78 is 0. The van der Waals surface area contributed by atoms with Crippen molar-refractivity contribution < 1.29 is 5.11 Å². The van der Waals surface area contributed by atoms with Crippen LogP contribution >= 0.6 is 11.8 Å². The summed E-state index contributed by atoms with van der Waals surface area (Å²) in [5.41, 5.74) is 0. The second kappa shape index (κ2) is 5.35. The van der Waals surface area contributed by atoms with E-state index in [0.717, 1.165) is 19.5 Å². The van der Waals surface area contributed by atoms with Crippen LogP contribution in [0.1, 0.15) is 12.8 Å². The van der Waals surface area contributed by atoms with E-state index < -0.39 is 0 Å². The van der Waals surface area contributed by atoms with Gasteiger partial charge in [0.15, 0.2) is 0 Å². The van der Waals surface area contributed by atoms with Crippen LogP contribution in [0.2, 0.25) is 0 Å². The second-order valence-corrected chi connectivity index (χ2v) is 5.49. The predicted molar refractivity (Wildman–Crippen MR) is 60.8 cm³/mol. The number of aliphatic hydroxyl groups excluding tert-OH is 1. The monoisotopic (exact) mass is 216 g/mol. The maximum atomic E-state index is 9.40. The van der Waals surface area contributed by atoms with Crippen molar-refractivity contribution in [2.24, 2.45) is 0 Å². The highest BCUT2D eigenvalue weighted by Gasteiger charge is 2.24. The Kier molecular flexibility index (Phi) is 4.10. The first-order chi connectivity index (χ1) is 6.84. The Labute approximate surface area is 90.2 Å². The molecule has 0 bridgehead atoms. The van der Waals surface area contributed by atoms with Gasteiger partial charge in [0.05, 0.1) is 6.10 Å². The zero-order valence-electron chi connectivity index (χ0n) is 8.61. The molecule has 3 nitrogen and oxygen atoms in total. The Bertz CT molecular complexity index is 172. The first-order valence-corrected chi connectivity index (χ1v) is 6.71. The number of rotatable bonds is 2. The topological polar surface area (TPSA) is 35.5 Å². The van der Waals surface area contributed by atoms with Crippen LogP contribution in [0.3, 0.4) is 0 Å². The fraction of sp³-hybridized carbons (Fsp3) is 1.00. The largest absolute Gasteiger partial charge is 0.392 e. The first-order valence-electron chi connectivity index (χ1n) is 5.56. The smallest absolute Gasteiger partial charge is 0.0680 e. The van der Waals surface area contributed by atoms with Crippen LogP contribution in [-0.4, -0.2) is 59.8 Å². The molecule has 2 aliphatic rings. The molecule has 14 heavy (non-hydrogen) atoms. The molecule has 2 N–H and O–H groups in total. The summed E-state index contributed by atoms with van der Waals surface area (Å²) in [7, 11) is 0. The standard InChI is InChI=1S/C10H20N2OS/c13-10-6-9(11-7-10)8-12-2-1-4-14-5-3-12/h9-11,13H,1-8H2. The van der Waals surface area contributed by atoms with E-state index in [0.29, 0.717) is 6.04 Å². The molecular formula is C10H20N2OS. The summed E-state index contributed by atoms with van der Waals surface area (Å²) in [6.45, 7) is 4.37. The summed E-state index contributed by atoms with van der Waals surface area (Å²) in [6, 6.07) is 0.521. The van der Waals surface area contributed by atoms with Crippen LogP contribution in [0.15, 0.2) is 0 Å². The highest BCUT2D eigenvalue weighted by molar-refractivity contribution is 7.99. The molecule has 2 aliphatic heterocycles. The van der Waals surface area contributed by atoms with Crippen LogP contribution in [0.4, 0.5) is 0 Å². The van der Waals surface area contributed by atoms with Crippen molar-refractivity contribution in [1.82, 2.24) is 10.2 Å². The number of β-amino-alcohol motifs (C(OH)–C–C–N with tert-alkyl or cyclic N) is 1. The lowest BCUT2D eigenvalue weighted by Gasteiger charge is -2.23. The van der Waals surface area contributed by atoms with Gasteiger partial charge in [-0.05, 0) is 25.1 Å². The van der Waals surface area contributed by atoms with Crippen LogP contribution in [0.25, 0.3) is 0 Å². The Hall–Kier alpha value is 0.230. The average Bonchev–Trinajstić information content (AvgIpc) is 2.43. The summed E-state index contributed by atoms with van der Waals surface area (Å²) >= 11 is 2.07. The van der Waals surface area contributed by atoms with Crippen molar-refractivity contribution >= 4 is 11.8 Å². The Morgan fingerprint density at radius 2 is 2.29 bits per heavy atom. The summed E-state index contributed by atoms with van der Waals surface area (Å²) in [5.74, 6) is 2.59. The van der Waals surface area contributed by atoms with Gasteiger partial charge in [0.1, 0.15) is 0 Å². The molecule has 0 aromatic carbocycles. The van der Waals surface area contributed by atoms with E-state index in [-0.39, 0.29) is 6.10 Å². The van der Waals surface area contributed by atoms with E-state index >= 15 is 0 Å². The third kappa shape index (κ3) is 3.12. The molecule has 4 heteroatoms. The molecule has 2 atom stereocenters. The van der Waals surface area contributed by atoms with Crippen LogP contribution in [0, 0.1) is 0 Å². The zero-order chi connectivity index (χ0) is 9.80. The molecule has 2 fully saturated rings. The van der Waals surface area contributed by atoms with Crippen molar-refractivity contribution in [1.29, 1.82) is 0 Å². The van der Waals surface area contributed by atoms with E-state index in [4.69, 9.17) is 0 Å². The van der Waals surface area contributed by atoms with Crippen molar-refractivity contribution in [3.8, 4) is 0 Å². The number of thioether (sulfide) groups is 1. The summed E-state index contributed by atoms with van der Waals surface area (Å²) in [4.78, 5) is 2.54. The summed E-state index contributed by atoms with van der Waals surface area (Å²) in [5, 5.41) is 12.8. The molecule has 2 rings (SSSR count). The van der Waals surface area contributed by atoms with Crippen LogP contribution < -0.4 is 5.32 Å². The van der Waals surface area contributed by atoms with Gasteiger partial charge < -0.3 is 15.3 Å². The fourth-order valence-corrected chi connectivity index (χ4v) is 3.15. The number of hydrogen-bond donors (Lipinski definition) is 2. The minimum absolute atomic E-state index is 0.110. The molecule has 0 amide bonds. The van der Waals surface area contributed by atoms with Gasteiger partial charge in [-0.1, -0.05) is 0 Å². The molecule has 0 aromatic rings. The highest BCUT2D eigenvalue weighted by atomic mass is 32.2. The van der Waals surface area contributed by atoms with E-state index in [9.17, 15) is 5.11 Å². The lowest BCUT2D eigenvalue weighted by Crippen LogP contribution is -2.38. The third-order valence-electron chi connectivity index (χ3n) is 2.99. The number of nitrogens with one attached hydrogen (secondary N) is 1. The number of hydrogen-bond acceptors (Lipinski definition) is 4. The van der Waals surface area contributed by atoms with Gasteiger partial charge in [0, 0.05) is 31.4 Å². The molecule has 0 radical (unpaired) electrons.